The number of nitrogens with one attached hydrogen (secondary N) is 1. The molecule has 0 spiro atoms. The molecule has 1 aromatic rings. The van der Waals surface area contributed by atoms with Crippen molar-refractivity contribution in [3.05, 3.63) is 34.9 Å². The molecule has 1 aromatic carbocycles. The Morgan fingerprint density at radius 3 is 2.40 bits per heavy atom. The number of piperazine rings is 1. The number of nitrogens with zero attached hydrogens (tertiary/aromatic N) is 1. The van der Waals surface area contributed by atoms with Gasteiger partial charge in [0.1, 0.15) is 0 Å². The van der Waals surface area contributed by atoms with Crippen molar-refractivity contribution in [3.63, 3.8) is 0 Å². The zero-order valence-electron chi connectivity index (χ0n) is 9.04. The van der Waals surface area contributed by atoms with E-state index >= 15 is 0 Å². The predicted molar refractivity (Wildman–Crippen MR) is 64.3 cm³/mol. The lowest BCUT2D eigenvalue weighted by molar-refractivity contribution is 0.185. The van der Waals surface area contributed by atoms with E-state index in [9.17, 15) is 0 Å². The molecule has 0 unspecified atom stereocenters. The van der Waals surface area contributed by atoms with Crippen LogP contribution in [0.3, 0.4) is 0 Å². The summed E-state index contributed by atoms with van der Waals surface area (Å²) in [5.74, 6) is 0. The summed E-state index contributed by atoms with van der Waals surface area (Å²) in [6.07, 6.45) is 0. The lowest BCUT2D eigenvalue weighted by atomic mass is 10.1. The van der Waals surface area contributed by atoms with Gasteiger partial charge in [0.15, 0.2) is 0 Å². The first-order valence-electron chi connectivity index (χ1n) is 5.47. The van der Waals surface area contributed by atoms with Gasteiger partial charge in [0.05, 0.1) is 0 Å². The van der Waals surface area contributed by atoms with Gasteiger partial charge in [0.25, 0.3) is 0 Å². The van der Waals surface area contributed by atoms with Crippen molar-refractivity contribution in [1.82, 2.24) is 10.2 Å². The van der Waals surface area contributed by atoms with E-state index in [1.54, 1.807) is 0 Å². The molecule has 3 heteroatoms. The standard InChI is InChI=1S/C12H17ClN2/c1-10(15-8-6-14-7-9-15)11-2-4-12(13)5-3-11/h2-5,10,14H,6-9H2,1H3/t10-/m1/s1. The maximum atomic E-state index is 5.88. The molecule has 2 nitrogen and oxygen atoms in total. The zero-order valence-corrected chi connectivity index (χ0v) is 9.80. The van der Waals surface area contributed by atoms with Crippen molar-refractivity contribution in [3.8, 4) is 0 Å². The Hall–Kier alpha value is -0.570. The van der Waals surface area contributed by atoms with E-state index in [1.165, 1.54) is 5.56 Å². The van der Waals surface area contributed by atoms with Crippen molar-refractivity contribution in [2.75, 3.05) is 26.2 Å². The second-order valence-electron chi connectivity index (χ2n) is 4.01. The summed E-state index contributed by atoms with van der Waals surface area (Å²) in [7, 11) is 0. The van der Waals surface area contributed by atoms with Gasteiger partial charge in [-0.2, -0.15) is 0 Å². The Morgan fingerprint density at radius 2 is 1.80 bits per heavy atom. The topological polar surface area (TPSA) is 15.3 Å². The van der Waals surface area contributed by atoms with E-state index in [1.807, 2.05) is 12.1 Å². The third-order valence-electron chi connectivity index (χ3n) is 3.05. The average molecular weight is 225 g/mol. The Kier molecular flexibility index (Phi) is 3.62. The molecule has 15 heavy (non-hydrogen) atoms. The molecule has 0 radical (unpaired) electrons. The summed E-state index contributed by atoms with van der Waals surface area (Å²) >= 11 is 5.88. The minimum Gasteiger partial charge on any atom is -0.314 e. The van der Waals surface area contributed by atoms with Crippen LogP contribution < -0.4 is 5.32 Å². The molecule has 0 aliphatic carbocycles. The summed E-state index contributed by atoms with van der Waals surface area (Å²) < 4.78 is 0. The van der Waals surface area contributed by atoms with E-state index in [2.05, 4.69) is 29.3 Å². The highest BCUT2D eigenvalue weighted by Gasteiger charge is 2.17. The molecule has 1 saturated heterocycles. The summed E-state index contributed by atoms with van der Waals surface area (Å²) in [5.41, 5.74) is 1.35. The van der Waals surface area contributed by atoms with Crippen molar-refractivity contribution in [2.24, 2.45) is 0 Å². The van der Waals surface area contributed by atoms with Crippen LogP contribution in [-0.4, -0.2) is 31.1 Å². The first-order chi connectivity index (χ1) is 7.27. The Bertz CT molecular complexity index is 304. The smallest absolute Gasteiger partial charge is 0.0406 e. The fourth-order valence-electron chi connectivity index (χ4n) is 2.02. The van der Waals surface area contributed by atoms with Crippen LogP contribution in [0.4, 0.5) is 0 Å². The molecule has 1 atom stereocenters. The Balaban J connectivity index is 2.05. The number of hydrogen-bond acceptors (Lipinski definition) is 2. The van der Waals surface area contributed by atoms with Crippen LogP contribution in [0.25, 0.3) is 0 Å². The van der Waals surface area contributed by atoms with Gasteiger partial charge >= 0.3 is 0 Å². The molecule has 1 aliphatic heterocycles. The fraction of sp³-hybridized carbons (Fsp3) is 0.500. The zero-order chi connectivity index (χ0) is 10.7. The largest absolute Gasteiger partial charge is 0.314 e. The minimum absolute atomic E-state index is 0.490. The monoisotopic (exact) mass is 224 g/mol. The van der Waals surface area contributed by atoms with Gasteiger partial charge < -0.3 is 5.32 Å². The Labute approximate surface area is 96.2 Å². The summed E-state index contributed by atoms with van der Waals surface area (Å²) in [6.45, 7) is 6.71. The first kappa shape index (κ1) is 10.9. The first-order valence-corrected chi connectivity index (χ1v) is 5.85. The van der Waals surface area contributed by atoms with Gasteiger partial charge in [-0.25, -0.2) is 0 Å². The molecule has 2 rings (SSSR count). The molecule has 0 bridgehead atoms. The predicted octanol–water partition coefficient (Wildman–Crippen LogP) is 2.31. The van der Waals surface area contributed by atoms with Gasteiger partial charge in [-0.1, -0.05) is 23.7 Å². The molecule has 0 amide bonds. The average Bonchev–Trinajstić information content (AvgIpc) is 2.30. The van der Waals surface area contributed by atoms with Crippen LogP contribution in [0.2, 0.25) is 5.02 Å². The minimum atomic E-state index is 0.490. The number of hydrogen-bond donors (Lipinski definition) is 1. The number of benzene rings is 1. The van der Waals surface area contributed by atoms with Gasteiger partial charge in [-0.3, -0.25) is 4.90 Å². The number of halogens is 1. The number of rotatable bonds is 2. The van der Waals surface area contributed by atoms with Crippen LogP contribution in [0.15, 0.2) is 24.3 Å². The Morgan fingerprint density at radius 1 is 1.20 bits per heavy atom. The molecule has 82 valence electrons. The molecule has 0 aromatic heterocycles. The SMILES string of the molecule is C[C@H](c1ccc(Cl)cc1)N1CCNCC1. The lowest BCUT2D eigenvalue weighted by Crippen LogP contribution is -2.44. The van der Waals surface area contributed by atoms with E-state index in [0.717, 1.165) is 31.2 Å². The quantitative estimate of drug-likeness (QED) is 0.830. The summed E-state index contributed by atoms with van der Waals surface area (Å²) in [4.78, 5) is 2.50. The van der Waals surface area contributed by atoms with E-state index in [-0.39, 0.29) is 0 Å². The highest BCUT2D eigenvalue weighted by atomic mass is 35.5. The second kappa shape index (κ2) is 4.97. The van der Waals surface area contributed by atoms with Crippen molar-refractivity contribution < 1.29 is 0 Å². The van der Waals surface area contributed by atoms with E-state index in [0.29, 0.717) is 6.04 Å². The maximum Gasteiger partial charge on any atom is 0.0406 e. The van der Waals surface area contributed by atoms with Crippen LogP contribution in [-0.2, 0) is 0 Å². The highest BCUT2D eigenvalue weighted by molar-refractivity contribution is 6.30. The summed E-state index contributed by atoms with van der Waals surface area (Å²) in [6, 6.07) is 8.67. The van der Waals surface area contributed by atoms with Gasteiger partial charge in [-0.15, -0.1) is 0 Å². The molecular weight excluding hydrogens is 208 g/mol. The molecule has 1 N–H and O–H groups in total. The molecular formula is C12H17ClN2. The maximum absolute atomic E-state index is 5.88. The van der Waals surface area contributed by atoms with E-state index in [4.69, 9.17) is 11.6 Å². The fourth-order valence-corrected chi connectivity index (χ4v) is 2.15. The summed E-state index contributed by atoms with van der Waals surface area (Å²) in [5, 5.41) is 4.18. The van der Waals surface area contributed by atoms with Crippen molar-refractivity contribution >= 4 is 11.6 Å². The molecule has 1 heterocycles. The second-order valence-corrected chi connectivity index (χ2v) is 4.45. The third kappa shape index (κ3) is 2.71. The van der Waals surface area contributed by atoms with E-state index < -0.39 is 0 Å². The molecule has 0 saturated carbocycles. The lowest BCUT2D eigenvalue weighted by Gasteiger charge is -2.33. The third-order valence-corrected chi connectivity index (χ3v) is 3.30. The van der Waals surface area contributed by atoms with Gasteiger partial charge in [0.2, 0.25) is 0 Å². The van der Waals surface area contributed by atoms with Crippen molar-refractivity contribution in [2.45, 2.75) is 13.0 Å². The van der Waals surface area contributed by atoms with Crippen LogP contribution in [0, 0.1) is 0 Å². The molecule has 1 fully saturated rings. The van der Waals surface area contributed by atoms with Crippen LogP contribution in [0.5, 0.6) is 0 Å². The van der Waals surface area contributed by atoms with Crippen LogP contribution in [0.1, 0.15) is 18.5 Å². The highest BCUT2D eigenvalue weighted by Crippen LogP contribution is 2.21. The van der Waals surface area contributed by atoms with Crippen LogP contribution >= 0.6 is 11.6 Å². The van der Waals surface area contributed by atoms with Gasteiger partial charge in [-0.05, 0) is 24.6 Å². The molecule has 1 aliphatic rings. The van der Waals surface area contributed by atoms with Crippen molar-refractivity contribution in [1.29, 1.82) is 0 Å². The van der Waals surface area contributed by atoms with Gasteiger partial charge in [0, 0.05) is 37.2 Å². The normalized spacial score (nSPS) is 20.1.